The number of methoxy groups -OCH3 is 2. The molecule has 190 valence electrons. The van der Waals surface area contributed by atoms with Crippen molar-refractivity contribution in [3.05, 3.63) is 48.0 Å². The van der Waals surface area contributed by atoms with E-state index in [-0.39, 0.29) is 23.1 Å². The van der Waals surface area contributed by atoms with E-state index in [9.17, 15) is 19.2 Å². The van der Waals surface area contributed by atoms with Gasteiger partial charge >= 0.3 is 5.97 Å². The van der Waals surface area contributed by atoms with Gasteiger partial charge in [-0.05, 0) is 43.2 Å². The highest BCUT2D eigenvalue weighted by atomic mass is 35.5. The fourth-order valence-corrected chi connectivity index (χ4v) is 5.02. The number of amides is 3. The molecule has 9 nitrogen and oxygen atoms in total. The summed E-state index contributed by atoms with van der Waals surface area (Å²) in [5.41, 5.74) is 0.683. The second-order valence-corrected chi connectivity index (χ2v) is 9.59. The van der Waals surface area contributed by atoms with Crippen molar-refractivity contribution in [1.29, 1.82) is 0 Å². The zero-order valence-electron chi connectivity index (χ0n) is 19.5. The van der Waals surface area contributed by atoms with E-state index in [1.54, 1.807) is 24.3 Å². The molecule has 36 heavy (non-hydrogen) atoms. The average molecular weight is 535 g/mol. The van der Waals surface area contributed by atoms with Crippen LogP contribution in [0.3, 0.4) is 0 Å². The van der Waals surface area contributed by atoms with Crippen LogP contribution in [0.4, 0.5) is 11.4 Å². The molecule has 0 unspecified atom stereocenters. The Morgan fingerprint density at radius 2 is 1.64 bits per heavy atom. The predicted octanol–water partition coefficient (Wildman–Crippen LogP) is 3.61. The van der Waals surface area contributed by atoms with Crippen LogP contribution in [-0.2, 0) is 19.1 Å². The molecule has 2 aromatic carbocycles. The Hall–Kier alpha value is -3.30. The van der Waals surface area contributed by atoms with Crippen molar-refractivity contribution in [3.63, 3.8) is 0 Å². The SMILES string of the molecule is COc1ccc(OC)c(NC(=O)COC(=O)c2cccc(N3C(=O)[C@@H]4C[C@@H](Cl)[C@@H](Cl)C[C@H]4C3=O)c2)c1. The van der Waals surface area contributed by atoms with Crippen molar-refractivity contribution in [2.24, 2.45) is 11.8 Å². The van der Waals surface area contributed by atoms with Gasteiger partial charge in [-0.25, -0.2) is 4.79 Å². The van der Waals surface area contributed by atoms with Crippen LogP contribution in [0.25, 0.3) is 0 Å². The Morgan fingerprint density at radius 3 is 2.25 bits per heavy atom. The normalized spacial score (nSPS) is 23.2. The van der Waals surface area contributed by atoms with Crippen LogP contribution in [0, 0.1) is 11.8 Å². The summed E-state index contributed by atoms with van der Waals surface area (Å²) in [7, 11) is 2.95. The number of alkyl halides is 2. The summed E-state index contributed by atoms with van der Waals surface area (Å²) >= 11 is 12.5. The van der Waals surface area contributed by atoms with E-state index in [0.29, 0.717) is 30.0 Å². The minimum Gasteiger partial charge on any atom is -0.497 e. The first kappa shape index (κ1) is 25.8. The fraction of sp³-hybridized carbons (Fsp3) is 0.360. The first-order valence-electron chi connectivity index (χ1n) is 11.2. The van der Waals surface area contributed by atoms with Crippen LogP contribution >= 0.6 is 23.2 Å². The van der Waals surface area contributed by atoms with Gasteiger partial charge in [0.15, 0.2) is 6.61 Å². The molecular weight excluding hydrogens is 511 g/mol. The molecule has 4 atom stereocenters. The van der Waals surface area contributed by atoms with Crippen LogP contribution in [0.15, 0.2) is 42.5 Å². The smallest absolute Gasteiger partial charge is 0.338 e. The summed E-state index contributed by atoms with van der Waals surface area (Å²) in [5.74, 6) is -2.27. The van der Waals surface area contributed by atoms with Gasteiger partial charge < -0.3 is 19.5 Å². The number of halogens is 2. The summed E-state index contributed by atoms with van der Waals surface area (Å²) in [4.78, 5) is 52.0. The Labute approximate surface area is 217 Å². The molecule has 0 radical (unpaired) electrons. The molecule has 3 amide bonds. The fourth-order valence-electron chi connectivity index (χ4n) is 4.43. The van der Waals surface area contributed by atoms with Crippen LogP contribution in [0.5, 0.6) is 11.5 Å². The number of fused-ring (bicyclic) bond motifs is 1. The van der Waals surface area contributed by atoms with Crippen molar-refractivity contribution in [2.75, 3.05) is 31.0 Å². The van der Waals surface area contributed by atoms with E-state index in [4.69, 9.17) is 37.4 Å². The Kier molecular flexibility index (Phi) is 7.70. The van der Waals surface area contributed by atoms with Crippen LogP contribution in [-0.4, -0.2) is 55.3 Å². The van der Waals surface area contributed by atoms with E-state index in [0.717, 1.165) is 4.90 Å². The zero-order valence-corrected chi connectivity index (χ0v) is 21.0. The largest absolute Gasteiger partial charge is 0.497 e. The summed E-state index contributed by atoms with van der Waals surface area (Å²) < 4.78 is 15.5. The molecule has 0 bridgehead atoms. The van der Waals surface area contributed by atoms with Gasteiger partial charge in [0.05, 0.1) is 53.7 Å². The number of anilines is 2. The molecule has 1 saturated heterocycles. The number of carbonyl (C=O) groups excluding carboxylic acids is 4. The molecule has 2 fully saturated rings. The number of hydrogen-bond acceptors (Lipinski definition) is 7. The molecule has 1 N–H and O–H groups in total. The van der Waals surface area contributed by atoms with Gasteiger partial charge in [0.1, 0.15) is 11.5 Å². The number of ether oxygens (including phenoxy) is 3. The van der Waals surface area contributed by atoms with Crippen molar-refractivity contribution in [1.82, 2.24) is 0 Å². The third-order valence-electron chi connectivity index (χ3n) is 6.27. The van der Waals surface area contributed by atoms with Gasteiger partial charge in [-0.15, -0.1) is 23.2 Å². The third-order valence-corrected chi connectivity index (χ3v) is 7.36. The molecule has 2 aromatic rings. The predicted molar refractivity (Wildman–Crippen MR) is 133 cm³/mol. The summed E-state index contributed by atoms with van der Waals surface area (Å²) in [6.45, 7) is -0.566. The maximum absolute atomic E-state index is 13.0. The number of imide groups is 1. The number of rotatable bonds is 7. The number of benzene rings is 2. The molecule has 2 aliphatic rings. The topological polar surface area (TPSA) is 111 Å². The number of nitrogens with zero attached hydrogens (tertiary/aromatic N) is 1. The monoisotopic (exact) mass is 534 g/mol. The lowest BCUT2D eigenvalue weighted by Gasteiger charge is -2.28. The lowest BCUT2D eigenvalue weighted by Crippen LogP contribution is -2.34. The Bertz CT molecular complexity index is 1180. The maximum Gasteiger partial charge on any atom is 0.338 e. The van der Waals surface area contributed by atoms with E-state index in [1.807, 2.05) is 0 Å². The molecule has 1 aliphatic carbocycles. The quantitative estimate of drug-likeness (QED) is 0.328. The first-order valence-corrected chi connectivity index (χ1v) is 12.1. The van der Waals surface area contributed by atoms with Crippen LogP contribution in [0.1, 0.15) is 23.2 Å². The number of nitrogens with one attached hydrogen (secondary N) is 1. The second-order valence-electron chi connectivity index (χ2n) is 8.47. The Balaban J connectivity index is 1.42. The first-order chi connectivity index (χ1) is 17.2. The highest BCUT2D eigenvalue weighted by Crippen LogP contribution is 2.43. The number of esters is 1. The van der Waals surface area contributed by atoms with E-state index >= 15 is 0 Å². The molecule has 1 saturated carbocycles. The van der Waals surface area contributed by atoms with Crippen molar-refractivity contribution < 1.29 is 33.4 Å². The van der Waals surface area contributed by atoms with Crippen molar-refractivity contribution in [3.8, 4) is 11.5 Å². The second kappa shape index (κ2) is 10.8. The van der Waals surface area contributed by atoms with Gasteiger partial charge in [0.25, 0.3) is 5.91 Å². The average Bonchev–Trinajstić information content (AvgIpc) is 3.11. The van der Waals surface area contributed by atoms with Crippen molar-refractivity contribution in [2.45, 2.75) is 23.6 Å². The summed E-state index contributed by atoms with van der Waals surface area (Å²) in [6.07, 6.45) is 0.632. The molecule has 1 heterocycles. The zero-order chi connectivity index (χ0) is 26.0. The lowest BCUT2D eigenvalue weighted by molar-refractivity contribution is -0.122. The molecule has 0 aromatic heterocycles. The van der Waals surface area contributed by atoms with E-state index in [1.165, 1.54) is 32.4 Å². The molecule has 1 aliphatic heterocycles. The van der Waals surface area contributed by atoms with Gasteiger partial charge in [-0.2, -0.15) is 0 Å². The van der Waals surface area contributed by atoms with Gasteiger partial charge in [0, 0.05) is 6.07 Å². The summed E-state index contributed by atoms with van der Waals surface area (Å²) in [5, 5.41) is 1.82. The van der Waals surface area contributed by atoms with E-state index < -0.39 is 41.1 Å². The Morgan fingerprint density at radius 1 is 0.972 bits per heavy atom. The maximum atomic E-state index is 13.0. The molecular formula is C25H24Cl2N2O7. The molecule has 0 spiro atoms. The standard InChI is InChI=1S/C25H24Cl2N2O7/c1-34-15-6-7-21(35-2)20(9-15)28-22(30)12-36-25(33)13-4-3-5-14(8-13)29-23(31)16-10-18(26)19(27)11-17(16)24(29)32/h3-9,16-19H,10-12H2,1-2H3,(H,28,30)/t16-,17-,18-,19+/m1/s1. The van der Waals surface area contributed by atoms with E-state index in [2.05, 4.69) is 5.32 Å². The third kappa shape index (κ3) is 5.12. The minimum atomic E-state index is -0.789. The number of hydrogen-bond donors (Lipinski definition) is 1. The van der Waals surface area contributed by atoms with Gasteiger partial charge in [-0.1, -0.05) is 6.07 Å². The van der Waals surface area contributed by atoms with Gasteiger partial charge in [-0.3, -0.25) is 19.3 Å². The van der Waals surface area contributed by atoms with Crippen LogP contribution in [0.2, 0.25) is 0 Å². The lowest BCUT2D eigenvalue weighted by atomic mass is 9.80. The van der Waals surface area contributed by atoms with Crippen LogP contribution < -0.4 is 19.7 Å². The minimum absolute atomic E-state index is 0.0835. The van der Waals surface area contributed by atoms with Crippen molar-refractivity contribution >= 4 is 58.3 Å². The molecule has 11 heteroatoms. The highest BCUT2D eigenvalue weighted by molar-refractivity contribution is 6.31. The number of carbonyl (C=O) groups is 4. The van der Waals surface area contributed by atoms with Gasteiger partial charge in [0.2, 0.25) is 11.8 Å². The summed E-state index contributed by atoms with van der Waals surface area (Å²) in [6, 6.07) is 10.8. The highest BCUT2D eigenvalue weighted by Gasteiger charge is 2.52. The molecule has 4 rings (SSSR count).